The highest BCUT2D eigenvalue weighted by molar-refractivity contribution is 5.91. The SMILES string of the molecule is CCOC(CCCNC(=O)Nc1c(C)cccc1C(C)(C)C)OCC. The summed E-state index contributed by atoms with van der Waals surface area (Å²) < 4.78 is 11.0. The predicted molar refractivity (Wildman–Crippen MR) is 103 cm³/mol. The third-order valence-electron chi connectivity index (χ3n) is 3.93. The normalized spacial score (nSPS) is 11.6. The molecule has 1 aromatic carbocycles. The van der Waals surface area contributed by atoms with Crippen LogP contribution in [0.3, 0.4) is 0 Å². The number of urea groups is 1. The minimum absolute atomic E-state index is 0.0309. The molecule has 0 radical (unpaired) electrons. The predicted octanol–water partition coefficient (Wildman–Crippen LogP) is 4.59. The largest absolute Gasteiger partial charge is 0.353 e. The van der Waals surface area contributed by atoms with Crippen LogP contribution in [0.5, 0.6) is 0 Å². The monoisotopic (exact) mass is 350 g/mol. The summed E-state index contributed by atoms with van der Waals surface area (Å²) >= 11 is 0. The highest BCUT2D eigenvalue weighted by atomic mass is 16.7. The van der Waals surface area contributed by atoms with Crippen LogP contribution in [0.2, 0.25) is 0 Å². The Labute approximate surface area is 152 Å². The molecule has 5 heteroatoms. The zero-order valence-corrected chi connectivity index (χ0v) is 16.6. The van der Waals surface area contributed by atoms with Gasteiger partial charge in [-0.1, -0.05) is 39.0 Å². The molecule has 0 aliphatic rings. The van der Waals surface area contributed by atoms with Crippen LogP contribution < -0.4 is 10.6 Å². The topological polar surface area (TPSA) is 59.6 Å². The van der Waals surface area contributed by atoms with Crippen LogP contribution in [0.25, 0.3) is 0 Å². The lowest BCUT2D eigenvalue weighted by Gasteiger charge is -2.24. The number of carbonyl (C=O) groups is 1. The molecule has 0 saturated carbocycles. The maximum atomic E-state index is 12.3. The van der Waals surface area contributed by atoms with Gasteiger partial charge >= 0.3 is 6.03 Å². The molecular weight excluding hydrogens is 316 g/mol. The maximum absolute atomic E-state index is 12.3. The number of aryl methyl sites for hydroxylation is 1. The molecule has 142 valence electrons. The van der Waals surface area contributed by atoms with Crippen LogP contribution in [-0.4, -0.2) is 32.1 Å². The van der Waals surface area contributed by atoms with E-state index in [4.69, 9.17) is 9.47 Å². The molecule has 0 spiro atoms. The Morgan fingerprint density at radius 2 is 1.80 bits per heavy atom. The van der Waals surface area contributed by atoms with E-state index in [1.54, 1.807) is 0 Å². The van der Waals surface area contributed by atoms with Gasteiger partial charge < -0.3 is 20.1 Å². The van der Waals surface area contributed by atoms with E-state index in [1.165, 1.54) is 0 Å². The Hall–Kier alpha value is -1.59. The first-order valence-electron chi connectivity index (χ1n) is 9.17. The highest BCUT2D eigenvalue weighted by Gasteiger charge is 2.20. The lowest BCUT2D eigenvalue weighted by molar-refractivity contribution is -0.139. The molecule has 0 fully saturated rings. The fourth-order valence-electron chi connectivity index (χ4n) is 2.67. The number of hydrogen-bond donors (Lipinski definition) is 2. The molecular formula is C20H34N2O3. The van der Waals surface area contributed by atoms with Crippen molar-refractivity contribution in [3.8, 4) is 0 Å². The fraction of sp³-hybridized carbons (Fsp3) is 0.650. The average molecular weight is 351 g/mol. The first-order valence-corrected chi connectivity index (χ1v) is 9.17. The van der Waals surface area contributed by atoms with Crippen molar-refractivity contribution in [1.82, 2.24) is 5.32 Å². The number of anilines is 1. The molecule has 25 heavy (non-hydrogen) atoms. The third-order valence-corrected chi connectivity index (χ3v) is 3.93. The van der Waals surface area contributed by atoms with Crippen LogP contribution in [0.15, 0.2) is 18.2 Å². The molecule has 0 aliphatic carbocycles. The van der Waals surface area contributed by atoms with Crippen molar-refractivity contribution in [3.05, 3.63) is 29.3 Å². The molecule has 2 N–H and O–H groups in total. The summed E-state index contributed by atoms with van der Waals surface area (Å²) in [6.07, 6.45) is 1.38. The number of benzene rings is 1. The molecule has 0 heterocycles. The van der Waals surface area contributed by atoms with Gasteiger partial charge in [-0.2, -0.15) is 0 Å². The second kappa shape index (κ2) is 10.4. The van der Waals surface area contributed by atoms with Crippen molar-refractivity contribution >= 4 is 11.7 Å². The van der Waals surface area contributed by atoms with Gasteiger partial charge in [-0.3, -0.25) is 0 Å². The molecule has 0 unspecified atom stereocenters. The van der Waals surface area contributed by atoms with Crippen LogP contribution >= 0.6 is 0 Å². The van der Waals surface area contributed by atoms with Crippen molar-refractivity contribution in [2.24, 2.45) is 0 Å². The van der Waals surface area contributed by atoms with Gasteiger partial charge in [0.2, 0.25) is 0 Å². The van der Waals surface area contributed by atoms with Gasteiger partial charge in [0.15, 0.2) is 6.29 Å². The van der Waals surface area contributed by atoms with E-state index in [2.05, 4.69) is 37.5 Å². The lowest BCUT2D eigenvalue weighted by atomic mass is 9.84. The van der Waals surface area contributed by atoms with Crippen molar-refractivity contribution in [3.63, 3.8) is 0 Å². The number of amides is 2. The zero-order chi connectivity index (χ0) is 18.9. The molecule has 2 amide bonds. The fourth-order valence-corrected chi connectivity index (χ4v) is 2.67. The summed E-state index contributed by atoms with van der Waals surface area (Å²) in [6, 6.07) is 5.93. The summed E-state index contributed by atoms with van der Waals surface area (Å²) in [5.41, 5.74) is 3.07. The number of rotatable bonds is 9. The second-order valence-electron chi connectivity index (χ2n) is 7.11. The van der Waals surface area contributed by atoms with Gasteiger partial charge in [-0.15, -0.1) is 0 Å². The van der Waals surface area contributed by atoms with Gasteiger partial charge in [-0.25, -0.2) is 4.79 Å². The number of hydrogen-bond acceptors (Lipinski definition) is 3. The van der Waals surface area contributed by atoms with E-state index in [0.717, 1.165) is 29.7 Å². The minimum atomic E-state index is -0.191. The third kappa shape index (κ3) is 7.45. The highest BCUT2D eigenvalue weighted by Crippen LogP contribution is 2.31. The van der Waals surface area contributed by atoms with E-state index in [1.807, 2.05) is 32.9 Å². The Bertz CT molecular complexity index is 532. The zero-order valence-electron chi connectivity index (χ0n) is 16.6. The summed E-state index contributed by atoms with van der Waals surface area (Å²) in [6.45, 7) is 14.2. The number of para-hydroxylation sites is 1. The van der Waals surface area contributed by atoms with E-state index in [9.17, 15) is 4.79 Å². The van der Waals surface area contributed by atoms with E-state index < -0.39 is 0 Å². The number of nitrogens with one attached hydrogen (secondary N) is 2. The van der Waals surface area contributed by atoms with Crippen LogP contribution in [0.4, 0.5) is 10.5 Å². The van der Waals surface area contributed by atoms with Crippen molar-refractivity contribution < 1.29 is 14.3 Å². The first kappa shape index (κ1) is 21.5. The van der Waals surface area contributed by atoms with Gasteiger partial charge in [0.25, 0.3) is 0 Å². The molecule has 0 aromatic heterocycles. The van der Waals surface area contributed by atoms with Crippen LogP contribution in [-0.2, 0) is 14.9 Å². The Morgan fingerprint density at radius 3 is 2.36 bits per heavy atom. The smallest absolute Gasteiger partial charge is 0.319 e. The van der Waals surface area contributed by atoms with Crippen LogP contribution in [0, 0.1) is 6.92 Å². The van der Waals surface area contributed by atoms with Crippen LogP contribution in [0.1, 0.15) is 58.6 Å². The van der Waals surface area contributed by atoms with Gasteiger partial charge in [-0.05, 0) is 43.7 Å². The summed E-state index contributed by atoms with van der Waals surface area (Å²) in [5.74, 6) is 0. The quantitative estimate of drug-likeness (QED) is 0.506. The summed E-state index contributed by atoms with van der Waals surface area (Å²) in [5, 5.41) is 5.93. The van der Waals surface area contributed by atoms with Crippen molar-refractivity contribution in [2.75, 3.05) is 25.1 Å². The molecule has 0 atom stereocenters. The van der Waals surface area contributed by atoms with Crippen molar-refractivity contribution in [2.45, 2.75) is 66.1 Å². The molecule has 0 aliphatic heterocycles. The Morgan fingerprint density at radius 1 is 1.16 bits per heavy atom. The van der Waals surface area contributed by atoms with Gasteiger partial charge in [0, 0.05) is 31.9 Å². The van der Waals surface area contributed by atoms with Gasteiger partial charge in [0.1, 0.15) is 0 Å². The van der Waals surface area contributed by atoms with Crippen molar-refractivity contribution in [1.29, 1.82) is 0 Å². The summed E-state index contributed by atoms with van der Waals surface area (Å²) in [7, 11) is 0. The molecule has 1 rings (SSSR count). The summed E-state index contributed by atoms with van der Waals surface area (Å²) in [4.78, 5) is 12.3. The Kier molecular flexibility index (Phi) is 8.93. The standard InChI is InChI=1S/C20H34N2O3/c1-7-24-17(25-8-2)13-10-14-21-19(23)22-18-15(3)11-9-12-16(18)20(4,5)6/h9,11-12,17H,7-8,10,13-14H2,1-6H3,(H2,21,22,23). The molecule has 1 aromatic rings. The van der Waals surface area contributed by atoms with Gasteiger partial charge in [0.05, 0.1) is 0 Å². The molecule has 0 saturated heterocycles. The molecule has 5 nitrogen and oxygen atoms in total. The van der Waals surface area contributed by atoms with E-state index >= 15 is 0 Å². The van der Waals surface area contributed by atoms with E-state index in [-0.39, 0.29) is 17.7 Å². The second-order valence-corrected chi connectivity index (χ2v) is 7.11. The van der Waals surface area contributed by atoms with E-state index in [0.29, 0.717) is 19.8 Å². The number of carbonyl (C=O) groups excluding carboxylic acids is 1. The minimum Gasteiger partial charge on any atom is -0.353 e. The number of ether oxygens (including phenoxy) is 2. The molecule has 0 bridgehead atoms. The first-order chi connectivity index (χ1) is 11.8. The Balaban J connectivity index is 2.53. The lowest BCUT2D eigenvalue weighted by Crippen LogP contribution is -2.31. The average Bonchev–Trinajstić information content (AvgIpc) is 2.52. The maximum Gasteiger partial charge on any atom is 0.319 e.